The summed E-state index contributed by atoms with van der Waals surface area (Å²) in [6, 6.07) is 0. The van der Waals surface area contributed by atoms with Crippen LogP contribution in [0.2, 0.25) is 0 Å². The lowest BCUT2D eigenvalue weighted by Gasteiger charge is -2.72. The average molecular weight is 1130 g/mol. The Morgan fingerprint density at radius 1 is 0.658 bits per heavy atom. The quantitative estimate of drug-likeness (QED) is 0.0415. The topological polar surface area (TPSA) is 388 Å². The number of ether oxygens (including phenoxy) is 8. The van der Waals surface area contributed by atoms with Gasteiger partial charge in [0.05, 0.1) is 44.1 Å². The molecule has 8 rings (SSSR count). The third-order valence-corrected chi connectivity index (χ3v) is 21.1. The molecule has 3 aliphatic heterocycles. The average Bonchev–Trinajstić information content (AvgIpc) is 3.29. The van der Waals surface area contributed by atoms with Gasteiger partial charge in [0.2, 0.25) is 0 Å². The number of aliphatic carboxylic acids is 1. The lowest BCUT2D eigenvalue weighted by molar-refractivity contribution is -0.392. The number of carbonyl (C=O) groups is 3. The van der Waals surface area contributed by atoms with Crippen LogP contribution < -0.4 is 0 Å². The molecular weight excluding hydrogens is 1040 g/mol. The number of aliphatic hydroxyl groups excluding tert-OH is 12. The Morgan fingerprint density at radius 3 is 1.76 bits per heavy atom. The van der Waals surface area contributed by atoms with E-state index in [1.54, 1.807) is 19.9 Å². The number of carboxylic acids is 1. The van der Waals surface area contributed by atoms with Gasteiger partial charge in [-0.3, -0.25) is 4.79 Å². The van der Waals surface area contributed by atoms with Crippen molar-refractivity contribution in [1.82, 2.24) is 0 Å². The van der Waals surface area contributed by atoms with Crippen molar-refractivity contribution in [2.75, 3.05) is 26.4 Å². The van der Waals surface area contributed by atoms with Gasteiger partial charge in [0.15, 0.2) is 25.0 Å². The first kappa shape index (κ1) is 62.2. The molecule has 3 heterocycles. The number of fused-ring (bicyclic) bond motifs is 7. The summed E-state index contributed by atoms with van der Waals surface area (Å²) in [5, 5.41) is 143. The van der Waals surface area contributed by atoms with Crippen LogP contribution in [-0.4, -0.2) is 227 Å². The molecule has 0 aromatic heterocycles. The number of carbonyl (C=O) groups excluding carboxylic acids is 2. The van der Waals surface area contributed by atoms with Crippen molar-refractivity contribution in [2.45, 2.75) is 224 Å². The summed E-state index contributed by atoms with van der Waals surface area (Å²) in [6.45, 7) is 14.1. The smallest absolute Gasteiger partial charge is 0.335 e. The summed E-state index contributed by atoms with van der Waals surface area (Å²) in [4.78, 5) is 39.5. The van der Waals surface area contributed by atoms with Gasteiger partial charge < -0.3 is 104 Å². The second-order valence-corrected chi connectivity index (χ2v) is 25.5. The van der Waals surface area contributed by atoms with Gasteiger partial charge in [-0.1, -0.05) is 59.3 Å². The highest BCUT2D eigenvalue weighted by Crippen LogP contribution is 2.76. The fraction of sp³-hybridized carbons (Fsp3) is 0.873. The Labute approximate surface area is 459 Å². The molecule has 0 amide bonds. The van der Waals surface area contributed by atoms with Crippen LogP contribution in [0.25, 0.3) is 0 Å². The van der Waals surface area contributed by atoms with Crippen LogP contribution in [0.4, 0.5) is 0 Å². The second-order valence-electron chi connectivity index (χ2n) is 25.5. The summed E-state index contributed by atoms with van der Waals surface area (Å²) >= 11 is 0. The number of esters is 2. The molecule has 24 heteroatoms. The normalized spacial score (nSPS) is 50.6. The summed E-state index contributed by atoms with van der Waals surface area (Å²) in [7, 11) is 0. The molecule has 27 atom stereocenters. The van der Waals surface area contributed by atoms with Gasteiger partial charge in [-0.05, 0) is 92.8 Å². The summed E-state index contributed by atoms with van der Waals surface area (Å²) in [5.41, 5.74) is -3.78. The standard InChI is InChI=1S/C55H86O24/c1-10-23(2)46(71)79-43-44(72-24(3)60)55(22-59)26(17-50(43,4)5)25-11-12-30-51(6)15-14-32(52(7,21-58)29(51)13-16-53(30,8)54(25,9)18-31(55)61)75-49-41(77-48-38(67)36(65)34(63)28(20-57)74-48)39(68)40(42(78-49)45(69)70)76-47-37(66)35(64)33(62)27(19-56)73-47/h10-11,26-44,47-49,56-59,61-68H,12-22H2,1-9H3,(H,69,70)/b23-10+/t26-,27+,28+,29?,30?,31+,32-,33+,34+,35-,36-,37+,38+,39-,40-,41+,42-,43-,44-,47-,48-,49+,51-,52+,53+,54+,55-/m0/s1. The molecule has 0 aromatic carbocycles. The molecule has 0 bridgehead atoms. The fourth-order valence-electron chi connectivity index (χ4n) is 16.2. The molecular formula is C55H86O24. The fourth-order valence-corrected chi connectivity index (χ4v) is 16.2. The summed E-state index contributed by atoms with van der Waals surface area (Å²) < 4.78 is 48.2. The van der Waals surface area contributed by atoms with Gasteiger partial charge >= 0.3 is 17.9 Å². The molecule has 8 aliphatic rings. The first-order valence-electron chi connectivity index (χ1n) is 27.7. The molecule has 0 aromatic rings. The predicted octanol–water partition coefficient (Wildman–Crippen LogP) is -1.32. The second kappa shape index (κ2) is 22.6. The van der Waals surface area contributed by atoms with Crippen molar-refractivity contribution in [3.05, 3.63) is 23.3 Å². The number of hydrogen-bond acceptors (Lipinski definition) is 23. The highest BCUT2D eigenvalue weighted by Gasteiger charge is 2.74. The lowest BCUT2D eigenvalue weighted by atomic mass is 9.33. The van der Waals surface area contributed by atoms with Crippen molar-refractivity contribution in [3.63, 3.8) is 0 Å². The van der Waals surface area contributed by atoms with E-state index < -0.39 is 199 Å². The molecule has 2 unspecified atom stereocenters. The third kappa shape index (κ3) is 9.94. The zero-order valence-electron chi connectivity index (χ0n) is 46.4. The van der Waals surface area contributed by atoms with Crippen LogP contribution >= 0.6 is 0 Å². The Kier molecular flexibility index (Phi) is 17.8. The Balaban J connectivity index is 1.12. The van der Waals surface area contributed by atoms with E-state index in [9.17, 15) is 80.8 Å². The summed E-state index contributed by atoms with van der Waals surface area (Å²) in [6.07, 6.45) is -26.5. The maximum atomic E-state index is 13.4. The highest BCUT2D eigenvalue weighted by atomic mass is 16.8. The predicted molar refractivity (Wildman–Crippen MR) is 269 cm³/mol. The molecule has 0 radical (unpaired) electrons. The molecule has 4 saturated carbocycles. The minimum Gasteiger partial charge on any atom is -0.479 e. The van der Waals surface area contributed by atoms with Crippen LogP contribution in [0.1, 0.15) is 107 Å². The SMILES string of the molecule is C/C=C(\C)C(=O)O[C@H]1[C@H](OC(C)=O)[C@]2(CO)[C@H](O)C[C@]3(C)C(=CCC4[C@@]5(C)CC[C@H](O[C@@H]6O[C@H](C(=O)O)[C@@H](O[C@@H]7O[C@H](CO)[C@@H](O)[C@H](O)[C@H]7O)[C@H](O)[C@H]6O[C@@H]6O[C@H](CO)[C@@H](O)[C@H](O)[C@H]6O)[C@](C)(CO)C5CC[C@]43C)[C@@H]2CC1(C)C. The monoisotopic (exact) mass is 1130 g/mol. The maximum Gasteiger partial charge on any atom is 0.335 e. The van der Waals surface area contributed by atoms with Gasteiger partial charge in [-0.25, -0.2) is 9.59 Å². The zero-order valence-corrected chi connectivity index (χ0v) is 46.4. The van der Waals surface area contributed by atoms with Crippen molar-refractivity contribution < 1.29 is 119 Å². The number of aliphatic hydroxyl groups is 12. The number of rotatable bonds is 14. The van der Waals surface area contributed by atoms with E-state index in [1.165, 1.54) is 6.92 Å². The van der Waals surface area contributed by atoms with Crippen molar-refractivity contribution in [1.29, 1.82) is 0 Å². The van der Waals surface area contributed by atoms with Crippen LogP contribution in [0, 0.1) is 50.2 Å². The van der Waals surface area contributed by atoms with Crippen LogP contribution in [0.15, 0.2) is 23.3 Å². The van der Waals surface area contributed by atoms with Crippen molar-refractivity contribution >= 4 is 17.9 Å². The van der Waals surface area contributed by atoms with Gasteiger partial charge in [0, 0.05) is 23.3 Å². The largest absolute Gasteiger partial charge is 0.479 e. The van der Waals surface area contributed by atoms with E-state index >= 15 is 0 Å². The van der Waals surface area contributed by atoms with E-state index in [-0.39, 0.29) is 24.7 Å². The van der Waals surface area contributed by atoms with E-state index in [2.05, 4.69) is 26.8 Å². The molecule has 450 valence electrons. The number of carboxylic acid groups (broad SMARTS) is 1. The van der Waals surface area contributed by atoms with Gasteiger partial charge in [-0.15, -0.1) is 0 Å². The van der Waals surface area contributed by atoms with Gasteiger partial charge in [-0.2, -0.15) is 0 Å². The number of hydrogen-bond donors (Lipinski definition) is 13. The molecule has 24 nitrogen and oxygen atoms in total. The molecule has 13 N–H and O–H groups in total. The first-order valence-corrected chi connectivity index (χ1v) is 27.7. The lowest BCUT2D eigenvalue weighted by Crippen LogP contribution is -2.72. The zero-order chi connectivity index (χ0) is 58.4. The molecule has 3 saturated heterocycles. The maximum absolute atomic E-state index is 13.4. The highest BCUT2D eigenvalue weighted by molar-refractivity contribution is 5.87. The molecule has 79 heavy (non-hydrogen) atoms. The van der Waals surface area contributed by atoms with Gasteiger partial charge in [0.1, 0.15) is 79.4 Å². The van der Waals surface area contributed by atoms with E-state index in [4.69, 9.17) is 37.9 Å². The molecule has 7 fully saturated rings. The Bertz CT molecular complexity index is 2290. The van der Waals surface area contributed by atoms with Crippen LogP contribution in [0.5, 0.6) is 0 Å². The van der Waals surface area contributed by atoms with Gasteiger partial charge in [0.25, 0.3) is 0 Å². The minimum atomic E-state index is -2.18. The van der Waals surface area contributed by atoms with Crippen molar-refractivity contribution in [3.8, 4) is 0 Å². The van der Waals surface area contributed by atoms with Crippen LogP contribution in [0.3, 0.4) is 0 Å². The van der Waals surface area contributed by atoms with E-state index in [1.807, 2.05) is 20.8 Å². The van der Waals surface area contributed by atoms with Crippen LogP contribution in [-0.2, 0) is 52.3 Å². The minimum absolute atomic E-state index is 0.0849. The number of allylic oxidation sites excluding steroid dienone is 3. The van der Waals surface area contributed by atoms with E-state index in [0.717, 1.165) is 5.57 Å². The Morgan fingerprint density at radius 2 is 1.24 bits per heavy atom. The van der Waals surface area contributed by atoms with Crippen molar-refractivity contribution in [2.24, 2.45) is 50.2 Å². The summed E-state index contributed by atoms with van der Waals surface area (Å²) in [5.74, 6) is -3.88. The molecule has 5 aliphatic carbocycles. The first-order chi connectivity index (χ1) is 36.9. The Hall–Kier alpha value is -2.83. The third-order valence-electron chi connectivity index (χ3n) is 21.1. The van der Waals surface area contributed by atoms with E-state index in [0.29, 0.717) is 37.7 Å². The molecule has 0 spiro atoms.